The van der Waals surface area contributed by atoms with Crippen LogP contribution in [0.1, 0.15) is 57.6 Å². The van der Waals surface area contributed by atoms with Gasteiger partial charge >= 0.3 is 0 Å². The maximum absolute atomic E-state index is 14.0. The van der Waals surface area contributed by atoms with E-state index in [1.54, 1.807) is 17.9 Å². The topological polar surface area (TPSA) is 123 Å². The first-order valence-corrected chi connectivity index (χ1v) is 13.2. The highest BCUT2D eigenvalue weighted by atomic mass is 16.5. The second-order valence-electron chi connectivity index (χ2n) is 11.1. The van der Waals surface area contributed by atoms with Gasteiger partial charge in [0.2, 0.25) is 17.7 Å². The summed E-state index contributed by atoms with van der Waals surface area (Å²) in [6.45, 7) is 4.51. The van der Waals surface area contributed by atoms with Crippen molar-refractivity contribution >= 4 is 23.5 Å². The fourth-order valence-corrected chi connectivity index (χ4v) is 6.99. The van der Waals surface area contributed by atoms with Gasteiger partial charge in [-0.15, -0.1) is 0 Å². The zero-order valence-electron chi connectivity index (χ0n) is 20.8. The van der Waals surface area contributed by atoms with Crippen molar-refractivity contribution in [3.8, 4) is 0 Å². The number of hydrogen-bond acceptors (Lipinski definition) is 7. The van der Waals surface area contributed by atoms with E-state index in [9.17, 15) is 14.4 Å². The van der Waals surface area contributed by atoms with Crippen molar-refractivity contribution < 1.29 is 28.4 Å². The molecule has 4 aliphatic heterocycles. The second kappa shape index (κ2) is 8.69. The largest absolute Gasteiger partial charge is 0.376 e. The summed E-state index contributed by atoms with van der Waals surface area (Å²) < 4.78 is 17.5. The molecule has 0 unspecified atom stereocenters. The molecule has 10 nitrogen and oxygen atoms in total. The third-order valence-corrected chi connectivity index (χ3v) is 8.58. The molecule has 2 bridgehead atoms. The predicted molar refractivity (Wildman–Crippen MR) is 128 cm³/mol. The standard InChI is InChI=1S/C26H34N4O6/c1-15-13-18(29-35-15)28-22(31)19-20-24(33)30(14-17-9-6-12-34-17)21(26(20)11-10-25(19,2)36-26)23(32)27-16-7-4-3-5-8-16/h10-11,13,16-17,19-21H,3-9,12,14H2,1-2H3,(H,27,32)(H,28,29,31)/t17-,19-,20+,21+,25+,26+/m0/s1. The van der Waals surface area contributed by atoms with E-state index < -0.39 is 29.1 Å². The van der Waals surface area contributed by atoms with Crippen LogP contribution in [0.3, 0.4) is 0 Å². The number of aryl methyl sites for hydroxylation is 1. The molecule has 6 rings (SSSR count). The van der Waals surface area contributed by atoms with Crippen molar-refractivity contribution in [3.63, 3.8) is 0 Å². The second-order valence-corrected chi connectivity index (χ2v) is 11.1. The molecule has 0 radical (unpaired) electrons. The third-order valence-electron chi connectivity index (χ3n) is 8.58. The van der Waals surface area contributed by atoms with Crippen LogP contribution in [0.2, 0.25) is 0 Å². The van der Waals surface area contributed by atoms with Gasteiger partial charge in [0.15, 0.2) is 5.82 Å². The molecular weight excluding hydrogens is 464 g/mol. The Morgan fingerprint density at radius 3 is 2.64 bits per heavy atom. The van der Waals surface area contributed by atoms with Crippen LogP contribution in [0.15, 0.2) is 22.7 Å². The van der Waals surface area contributed by atoms with Crippen LogP contribution in [0.25, 0.3) is 0 Å². The first-order chi connectivity index (χ1) is 17.3. The first-order valence-electron chi connectivity index (χ1n) is 13.2. The van der Waals surface area contributed by atoms with Gasteiger partial charge in [-0.25, -0.2) is 0 Å². The Bertz CT molecular complexity index is 1090. The lowest BCUT2D eigenvalue weighted by Gasteiger charge is -2.35. The number of amides is 3. The molecule has 10 heteroatoms. The number of hydrogen-bond donors (Lipinski definition) is 2. The Morgan fingerprint density at radius 2 is 1.94 bits per heavy atom. The molecule has 4 fully saturated rings. The van der Waals surface area contributed by atoms with Crippen LogP contribution in [-0.2, 0) is 23.9 Å². The zero-order valence-corrected chi connectivity index (χ0v) is 20.8. The minimum Gasteiger partial charge on any atom is -0.376 e. The molecule has 3 saturated heterocycles. The Labute approximate surface area is 210 Å². The summed E-state index contributed by atoms with van der Waals surface area (Å²) in [4.78, 5) is 43.1. The first kappa shape index (κ1) is 23.7. The average molecular weight is 499 g/mol. The Morgan fingerprint density at radius 1 is 1.14 bits per heavy atom. The molecular formula is C26H34N4O6. The van der Waals surface area contributed by atoms with Gasteiger partial charge in [-0.2, -0.15) is 0 Å². The van der Waals surface area contributed by atoms with Crippen molar-refractivity contribution in [1.29, 1.82) is 0 Å². The number of rotatable bonds is 6. The normalized spacial score (nSPS) is 37.5. The van der Waals surface area contributed by atoms with E-state index in [0.717, 1.165) is 38.5 Å². The molecule has 6 atom stereocenters. The Kier molecular flexibility index (Phi) is 5.71. The summed E-state index contributed by atoms with van der Waals surface area (Å²) in [5.41, 5.74) is -2.21. The molecule has 194 valence electrons. The summed E-state index contributed by atoms with van der Waals surface area (Å²) in [5, 5.41) is 9.87. The van der Waals surface area contributed by atoms with Gasteiger partial charge < -0.3 is 29.5 Å². The quantitative estimate of drug-likeness (QED) is 0.576. The molecule has 1 aliphatic carbocycles. The fourth-order valence-electron chi connectivity index (χ4n) is 6.99. The Hall–Kier alpha value is -2.72. The molecule has 36 heavy (non-hydrogen) atoms. The molecule has 1 spiro atoms. The summed E-state index contributed by atoms with van der Waals surface area (Å²) in [6, 6.07) is 0.862. The maximum Gasteiger partial charge on any atom is 0.246 e. The number of anilines is 1. The van der Waals surface area contributed by atoms with Gasteiger partial charge in [0.1, 0.15) is 17.4 Å². The van der Waals surface area contributed by atoms with E-state index in [2.05, 4.69) is 15.8 Å². The average Bonchev–Trinajstić information content (AvgIpc) is 3.64. The van der Waals surface area contributed by atoms with Crippen molar-refractivity contribution in [3.05, 3.63) is 24.0 Å². The molecule has 1 saturated carbocycles. The summed E-state index contributed by atoms with van der Waals surface area (Å²) in [5.74, 6) is -1.60. The summed E-state index contributed by atoms with van der Waals surface area (Å²) in [7, 11) is 0. The van der Waals surface area contributed by atoms with Gasteiger partial charge in [0.25, 0.3) is 0 Å². The predicted octanol–water partition coefficient (Wildman–Crippen LogP) is 2.09. The number of carbonyl (C=O) groups excluding carboxylic acids is 3. The van der Waals surface area contributed by atoms with Crippen LogP contribution >= 0.6 is 0 Å². The van der Waals surface area contributed by atoms with Gasteiger partial charge in [-0.3, -0.25) is 14.4 Å². The number of nitrogens with one attached hydrogen (secondary N) is 2. The molecule has 0 aromatic carbocycles. The highest BCUT2D eigenvalue weighted by Gasteiger charge is 2.76. The van der Waals surface area contributed by atoms with Gasteiger partial charge in [-0.05, 0) is 39.5 Å². The smallest absolute Gasteiger partial charge is 0.246 e. The number of likely N-dealkylation sites (tertiary alicyclic amines) is 1. The summed E-state index contributed by atoms with van der Waals surface area (Å²) >= 11 is 0. The lowest BCUT2D eigenvalue weighted by molar-refractivity contribution is -0.145. The van der Waals surface area contributed by atoms with E-state index in [0.29, 0.717) is 18.9 Å². The molecule has 2 N–H and O–H groups in total. The molecule has 1 aromatic rings. The monoisotopic (exact) mass is 498 g/mol. The minimum absolute atomic E-state index is 0.0917. The molecule has 5 aliphatic rings. The SMILES string of the molecule is Cc1cc(NC(=O)[C@@H]2[C@@H]3C(=O)N(C[C@@H]4CCCO4)[C@H](C(=O)NC4CCCCC4)[C@@]34C=C[C@@]2(C)O4)no1. The number of fused-ring (bicyclic) bond motifs is 1. The summed E-state index contributed by atoms with van der Waals surface area (Å²) in [6.07, 6.45) is 10.5. The van der Waals surface area contributed by atoms with Crippen LogP contribution in [0.4, 0.5) is 5.82 Å². The highest BCUT2D eigenvalue weighted by molar-refractivity contribution is 6.03. The van der Waals surface area contributed by atoms with Crippen molar-refractivity contribution in [2.45, 2.75) is 88.2 Å². The highest BCUT2D eigenvalue weighted by Crippen LogP contribution is 2.60. The number of ether oxygens (including phenoxy) is 2. The fraction of sp³-hybridized carbons (Fsp3) is 0.692. The van der Waals surface area contributed by atoms with Crippen LogP contribution < -0.4 is 10.6 Å². The van der Waals surface area contributed by atoms with E-state index in [4.69, 9.17) is 14.0 Å². The van der Waals surface area contributed by atoms with E-state index in [-0.39, 0.29) is 35.7 Å². The number of carbonyl (C=O) groups is 3. The van der Waals surface area contributed by atoms with Crippen molar-refractivity contribution in [2.75, 3.05) is 18.5 Å². The molecule has 5 heterocycles. The minimum atomic E-state index is -1.20. The number of nitrogens with zero attached hydrogens (tertiary/aromatic N) is 2. The van der Waals surface area contributed by atoms with E-state index in [1.165, 1.54) is 6.42 Å². The van der Waals surface area contributed by atoms with Crippen molar-refractivity contribution in [1.82, 2.24) is 15.4 Å². The lowest BCUT2D eigenvalue weighted by Crippen LogP contribution is -2.57. The van der Waals surface area contributed by atoms with Crippen molar-refractivity contribution in [2.24, 2.45) is 11.8 Å². The van der Waals surface area contributed by atoms with Gasteiger partial charge in [-0.1, -0.05) is 36.6 Å². The van der Waals surface area contributed by atoms with Gasteiger partial charge in [0.05, 0.1) is 23.5 Å². The van der Waals surface area contributed by atoms with Crippen LogP contribution in [0.5, 0.6) is 0 Å². The van der Waals surface area contributed by atoms with E-state index in [1.807, 2.05) is 19.1 Å². The maximum atomic E-state index is 14.0. The molecule has 3 amide bonds. The lowest BCUT2D eigenvalue weighted by atomic mass is 9.70. The van der Waals surface area contributed by atoms with Crippen LogP contribution in [0, 0.1) is 18.8 Å². The molecule has 1 aromatic heterocycles. The third kappa shape index (κ3) is 3.68. The van der Waals surface area contributed by atoms with E-state index >= 15 is 0 Å². The number of aromatic nitrogens is 1. The van der Waals surface area contributed by atoms with Gasteiger partial charge in [0, 0.05) is 25.3 Å². The zero-order chi connectivity index (χ0) is 25.1. The van der Waals surface area contributed by atoms with Crippen LogP contribution in [-0.4, -0.2) is 70.3 Å². The Balaban J connectivity index is 1.33.